The summed E-state index contributed by atoms with van der Waals surface area (Å²) in [5.41, 5.74) is -0.304. The van der Waals surface area contributed by atoms with Crippen LogP contribution in [-0.2, 0) is 4.79 Å². The summed E-state index contributed by atoms with van der Waals surface area (Å²) < 4.78 is 0. The van der Waals surface area contributed by atoms with Crippen LogP contribution in [0.4, 0.5) is 0 Å². The van der Waals surface area contributed by atoms with Crippen molar-refractivity contribution in [3.8, 4) is 0 Å². The van der Waals surface area contributed by atoms with Crippen molar-refractivity contribution in [2.24, 2.45) is 5.92 Å². The normalized spacial score (nSPS) is 20.9. The van der Waals surface area contributed by atoms with E-state index in [9.17, 15) is 4.79 Å². The monoisotopic (exact) mass is 217 g/mol. The van der Waals surface area contributed by atoms with E-state index in [1.165, 1.54) is 12.8 Å². The number of hydrogen-bond donors (Lipinski definition) is 1. The molecule has 2 nitrogen and oxygen atoms in total. The van der Waals surface area contributed by atoms with Gasteiger partial charge in [0.2, 0.25) is 5.91 Å². The Morgan fingerprint density at radius 1 is 1.43 bits per heavy atom. The van der Waals surface area contributed by atoms with Crippen LogP contribution in [0.1, 0.15) is 46.5 Å². The van der Waals surface area contributed by atoms with Crippen molar-refractivity contribution < 1.29 is 4.79 Å². The molecule has 0 radical (unpaired) electrons. The van der Waals surface area contributed by atoms with Crippen molar-refractivity contribution in [2.75, 3.05) is 0 Å². The van der Waals surface area contributed by atoms with Crippen LogP contribution in [0.3, 0.4) is 0 Å². The zero-order valence-electron chi connectivity index (χ0n) is 9.27. The minimum atomic E-state index is -0.304. The van der Waals surface area contributed by atoms with E-state index in [-0.39, 0.29) is 22.7 Å². The van der Waals surface area contributed by atoms with Gasteiger partial charge in [-0.3, -0.25) is 4.79 Å². The summed E-state index contributed by atoms with van der Waals surface area (Å²) in [6, 6.07) is 0. The number of rotatable bonds is 3. The maximum Gasteiger partial charge on any atom is 0.223 e. The Kier molecular flexibility index (Phi) is 3.82. The predicted octanol–water partition coefficient (Wildman–Crippen LogP) is 2.70. The quantitative estimate of drug-likeness (QED) is 0.724. The van der Waals surface area contributed by atoms with Gasteiger partial charge in [-0.1, -0.05) is 12.8 Å². The van der Waals surface area contributed by atoms with Gasteiger partial charge in [-0.15, -0.1) is 11.6 Å². The van der Waals surface area contributed by atoms with E-state index in [4.69, 9.17) is 11.6 Å². The van der Waals surface area contributed by atoms with Gasteiger partial charge in [-0.05, 0) is 33.6 Å². The van der Waals surface area contributed by atoms with Crippen LogP contribution in [0.25, 0.3) is 0 Å². The van der Waals surface area contributed by atoms with Crippen LogP contribution in [-0.4, -0.2) is 16.8 Å². The van der Waals surface area contributed by atoms with Crippen LogP contribution in [0, 0.1) is 5.92 Å². The topological polar surface area (TPSA) is 29.1 Å². The van der Waals surface area contributed by atoms with Gasteiger partial charge in [0.15, 0.2) is 0 Å². The number of alkyl halides is 1. The van der Waals surface area contributed by atoms with Gasteiger partial charge < -0.3 is 5.32 Å². The zero-order valence-corrected chi connectivity index (χ0v) is 10.0. The number of amides is 1. The van der Waals surface area contributed by atoms with E-state index in [0.29, 0.717) is 0 Å². The lowest BCUT2D eigenvalue weighted by molar-refractivity contribution is -0.126. The first-order valence-corrected chi connectivity index (χ1v) is 5.83. The second-order valence-corrected chi connectivity index (χ2v) is 5.46. The third-order valence-corrected chi connectivity index (χ3v) is 3.71. The van der Waals surface area contributed by atoms with E-state index < -0.39 is 0 Å². The van der Waals surface area contributed by atoms with E-state index in [1.54, 1.807) is 0 Å². The second-order valence-electron chi connectivity index (χ2n) is 4.81. The fourth-order valence-electron chi connectivity index (χ4n) is 1.71. The smallest absolute Gasteiger partial charge is 0.223 e. The van der Waals surface area contributed by atoms with Gasteiger partial charge in [-0.2, -0.15) is 0 Å². The molecule has 0 aliphatic heterocycles. The molecule has 1 saturated carbocycles. The molecule has 0 aromatic carbocycles. The fourth-order valence-corrected chi connectivity index (χ4v) is 1.76. The molecule has 0 aromatic heterocycles. The van der Waals surface area contributed by atoms with Crippen LogP contribution in [0.5, 0.6) is 0 Å². The minimum Gasteiger partial charge on any atom is -0.350 e. The van der Waals surface area contributed by atoms with Crippen molar-refractivity contribution in [2.45, 2.75) is 57.4 Å². The van der Waals surface area contributed by atoms with Gasteiger partial charge >= 0.3 is 0 Å². The molecule has 1 rings (SSSR count). The molecule has 1 N–H and O–H groups in total. The molecule has 0 spiro atoms. The van der Waals surface area contributed by atoms with E-state index in [1.807, 2.05) is 20.8 Å². The molecule has 0 heterocycles. The lowest BCUT2D eigenvalue weighted by atomic mass is 9.99. The lowest BCUT2D eigenvalue weighted by Gasteiger charge is -2.30. The van der Waals surface area contributed by atoms with Gasteiger partial charge in [0.25, 0.3) is 0 Å². The molecule has 14 heavy (non-hydrogen) atoms. The average molecular weight is 218 g/mol. The summed E-state index contributed by atoms with van der Waals surface area (Å²) in [6.45, 7) is 5.85. The van der Waals surface area contributed by atoms with E-state index >= 15 is 0 Å². The number of nitrogens with one attached hydrogen (secondary N) is 1. The highest BCUT2D eigenvalue weighted by Gasteiger charge is 2.30. The minimum absolute atomic E-state index is 0.0483. The molecule has 1 aliphatic carbocycles. The molecule has 82 valence electrons. The molecule has 1 fully saturated rings. The maximum absolute atomic E-state index is 11.8. The Bertz CT molecular complexity index is 207. The van der Waals surface area contributed by atoms with E-state index in [0.717, 1.165) is 12.8 Å². The molecule has 0 bridgehead atoms. The highest BCUT2D eigenvalue weighted by atomic mass is 35.5. The molecule has 1 unspecified atom stereocenters. The van der Waals surface area contributed by atoms with Gasteiger partial charge in [0, 0.05) is 5.92 Å². The highest BCUT2D eigenvalue weighted by Crippen LogP contribution is 2.26. The van der Waals surface area contributed by atoms with Crippen molar-refractivity contribution >= 4 is 17.5 Å². The fraction of sp³-hybridized carbons (Fsp3) is 0.909. The Labute approximate surface area is 91.4 Å². The summed E-state index contributed by atoms with van der Waals surface area (Å²) in [4.78, 5) is 11.8. The molecule has 0 saturated heterocycles. The predicted molar refractivity (Wildman–Crippen MR) is 59.5 cm³/mol. The standard InChI is InChI=1S/C11H20ClNO/c1-8(12)11(2,3)13-10(14)9-6-4-5-7-9/h8-9H,4-7H2,1-3H3,(H,13,14). The number of carbonyl (C=O) groups is 1. The highest BCUT2D eigenvalue weighted by molar-refractivity contribution is 6.21. The summed E-state index contributed by atoms with van der Waals surface area (Å²) in [7, 11) is 0. The summed E-state index contributed by atoms with van der Waals surface area (Å²) in [5, 5.41) is 2.98. The molecule has 1 aliphatic rings. The zero-order chi connectivity index (χ0) is 10.8. The number of halogens is 1. The first-order chi connectivity index (χ1) is 6.43. The van der Waals surface area contributed by atoms with Crippen LogP contribution >= 0.6 is 11.6 Å². The summed E-state index contributed by atoms with van der Waals surface area (Å²) in [5.74, 6) is 0.407. The Morgan fingerprint density at radius 3 is 2.36 bits per heavy atom. The van der Waals surface area contributed by atoms with Gasteiger partial charge in [-0.25, -0.2) is 0 Å². The average Bonchev–Trinajstić information content (AvgIpc) is 2.54. The lowest BCUT2D eigenvalue weighted by Crippen LogP contribution is -2.50. The first kappa shape index (κ1) is 11.8. The van der Waals surface area contributed by atoms with Crippen molar-refractivity contribution in [1.82, 2.24) is 5.32 Å². The molecular formula is C11H20ClNO. The largest absolute Gasteiger partial charge is 0.350 e. The molecular weight excluding hydrogens is 198 g/mol. The van der Waals surface area contributed by atoms with Crippen molar-refractivity contribution in [1.29, 1.82) is 0 Å². The van der Waals surface area contributed by atoms with Crippen LogP contribution in [0.15, 0.2) is 0 Å². The maximum atomic E-state index is 11.8. The molecule has 1 atom stereocenters. The first-order valence-electron chi connectivity index (χ1n) is 5.39. The third kappa shape index (κ3) is 2.88. The number of carbonyl (C=O) groups excluding carboxylic acids is 1. The molecule has 0 aromatic rings. The van der Waals surface area contributed by atoms with Crippen LogP contribution in [0.2, 0.25) is 0 Å². The van der Waals surface area contributed by atoms with Gasteiger partial charge in [0.1, 0.15) is 0 Å². The summed E-state index contributed by atoms with van der Waals surface area (Å²) in [6.07, 6.45) is 4.46. The Morgan fingerprint density at radius 2 is 1.93 bits per heavy atom. The second kappa shape index (κ2) is 4.52. The van der Waals surface area contributed by atoms with Crippen molar-refractivity contribution in [3.05, 3.63) is 0 Å². The Balaban J connectivity index is 2.46. The molecule has 3 heteroatoms. The van der Waals surface area contributed by atoms with Gasteiger partial charge in [0.05, 0.1) is 10.9 Å². The SMILES string of the molecule is CC(Cl)C(C)(C)NC(=O)C1CCCC1. The van der Waals surface area contributed by atoms with Crippen molar-refractivity contribution in [3.63, 3.8) is 0 Å². The third-order valence-electron chi connectivity index (χ3n) is 3.17. The van der Waals surface area contributed by atoms with E-state index in [2.05, 4.69) is 5.32 Å². The Hall–Kier alpha value is -0.240. The summed E-state index contributed by atoms with van der Waals surface area (Å²) >= 11 is 6.01. The number of hydrogen-bond acceptors (Lipinski definition) is 1. The molecule has 1 amide bonds. The van der Waals surface area contributed by atoms with Crippen LogP contribution < -0.4 is 5.32 Å².